The van der Waals surface area contributed by atoms with Crippen LogP contribution in [0.25, 0.3) is 0 Å². The van der Waals surface area contributed by atoms with Crippen LogP contribution in [0, 0.1) is 18.3 Å². The van der Waals surface area contributed by atoms with Crippen molar-refractivity contribution in [1.82, 2.24) is 9.78 Å². The molecule has 1 N–H and O–H groups in total. The first-order valence-corrected chi connectivity index (χ1v) is 6.41. The van der Waals surface area contributed by atoms with Gasteiger partial charge < -0.3 is 10.1 Å². The number of amides is 1. The highest BCUT2D eigenvalue weighted by Crippen LogP contribution is 2.21. The smallest absolute Gasteiger partial charge is 0.360 e. The van der Waals surface area contributed by atoms with E-state index >= 15 is 0 Å². The molecule has 1 amide bonds. The molecule has 0 aliphatic carbocycles. The van der Waals surface area contributed by atoms with E-state index in [2.05, 4.69) is 15.2 Å². The van der Waals surface area contributed by atoms with E-state index in [1.54, 1.807) is 32.2 Å². The summed E-state index contributed by atoms with van der Waals surface area (Å²) in [5, 5.41) is 15.6. The first kappa shape index (κ1) is 15.3. The third kappa shape index (κ3) is 2.81. The lowest BCUT2D eigenvalue weighted by Crippen LogP contribution is -2.15. The first-order valence-electron chi connectivity index (χ1n) is 6.41. The SMILES string of the molecule is COC(=O)c1nn(C)c(C)c1NC(=O)c1cccc(C#N)c1. The lowest BCUT2D eigenvalue weighted by atomic mass is 10.1. The van der Waals surface area contributed by atoms with Crippen molar-refractivity contribution in [2.24, 2.45) is 7.05 Å². The monoisotopic (exact) mass is 298 g/mol. The summed E-state index contributed by atoms with van der Waals surface area (Å²) in [5.41, 5.74) is 1.64. The van der Waals surface area contributed by atoms with Crippen LogP contribution < -0.4 is 5.32 Å². The Morgan fingerprint density at radius 3 is 2.77 bits per heavy atom. The summed E-state index contributed by atoms with van der Waals surface area (Å²) in [4.78, 5) is 24.0. The van der Waals surface area contributed by atoms with E-state index in [9.17, 15) is 9.59 Å². The van der Waals surface area contributed by atoms with Crippen LogP contribution in [0.2, 0.25) is 0 Å². The van der Waals surface area contributed by atoms with Crippen molar-refractivity contribution in [2.45, 2.75) is 6.92 Å². The number of anilines is 1. The number of benzene rings is 1. The molecule has 0 bridgehead atoms. The van der Waals surface area contributed by atoms with Gasteiger partial charge in [-0.25, -0.2) is 4.79 Å². The molecular weight excluding hydrogens is 284 g/mol. The maximum atomic E-state index is 12.3. The number of carbonyl (C=O) groups excluding carboxylic acids is 2. The Hall–Kier alpha value is -3.14. The molecule has 22 heavy (non-hydrogen) atoms. The molecule has 0 aliphatic heterocycles. The number of aryl methyl sites for hydroxylation is 1. The van der Waals surface area contributed by atoms with Gasteiger partial charge in [-0.1, -0.05) is 6.07 Å². The van der Waals surface area contributed by atoms with Crippen molar-refractivity contribution in [3.8, 4) is 6.07 Å². The number of nitrogens with zero attached hydrogens (tertiary/aromatic N) is 3. The molecule has 0 atom stereocenters. The van der Waals surface area contributed by atoms with Crippen LogP contribution in [0.5, 0.6) is 0 Å². The molecule has 0 fully saturated rings. The van der Waals surface area contributed by atoms with Crippen molar-refractivity contribution in [3.05, 3.63) is 46.8 Å². The number of ether oxygens (including phenoxy) is 1. The lowest BCUT2D eigenvalue weighted by Gasteiger charge is -2.06. The minimum Gasteiger partial charge on any atom is -0.464 e. The molecule has 0 radical (unpaired) electrons. The minimum absolute atomic E-state index is 0.0345. The number of rotatable bonds is 3. The molecule has 0 spiro atoms. The van der Waals surface area contributed by atoms with Gasteiger partial charge in [-0.15, -0.1) is 0 Å². The number of aromatic nitrogens is 2. The highest BCUT2D eigenvalue weighted by Gasteiger charge is 2.22. The van der Waals surface area contributed by atoms with Crippen LogP contribution in [0.4, 0.5) is 5.69 Å². The van der Waals surface area contributed by atoms with E-state index in [0.717, 1.165) is 0 Å². The van der Waals surface area contributed by atoms with E-state index in [4.69, 9.17) is 5.26 Å². The van der Waals surface area contributed by atoms with Crippen molar-refractivity contribution in [3.63, 3.8) is 0 Å². The van der Waals surface area contributed by atoms with Gasteiger partial charge in [-0.05, 0) is 25.1 Å². The number of esters is 1. The fourth-order valence-electron chi connectivity index (χ4n) is 1.91. The summed E-state index contributed by atoms with van der Waals surface area (Å²) in [6.07, 6.45) is 0. The van der Waals surface area contributed by atoms with Gasteiger partial charge in [-0.2, -0.15) is 10.4 Å². The molecule has 7 heteroatoms. The molecule has 0 unspecified atom stereocenters. The van der Waals surface area contributed by atoms with Crippen molar-refractivity contribution in [2.75, 3.05) is 12.4 Å². The van der Waals surface area contributed by atoms with E-state index in [-0.39, 0.29) is 5.69 Å². The second-order valence-electron chi connectivity index (χ2n) is 4.57. The molecule has 1 aromatic carbocycles. The molecule has 2 aromatic rings. The van der Waals surface area contributed by atoms with Gasteiger partial charge >= 0.3 is 5.97 Å². The maximum absolute atomic E-state index is 12.3. The molecule has 0 aliphatic rings. The molecule has 2 rings (SSSR count). The van der Waals surface area contributed by atoms with E-state index in [0.29, 0.717) is 22.5 Å². The quantitative estimate of drug-likeness (QED) is 0.869. The molecule has 0 saturated carbocycles. The first-order chi connectivity index (χ1) is 10.5. The Morgan fingerprint density at radius 1 is 1.41 bits per heavy atom. The average molecular weight is 298 g/mol. The maximum Gasteiger partial charge on any atom is 0.360 e. The van der Waals surface area contributed by atoms with Crippen LogP contribution >= 0.6 is 0 Å². The van der Waals surface area contributed by atoms with Crippen molar-refractivity contribution in [1.29, 1.82) is 5.26 Å². The standard InChI is InChI=1S/C15H14N4O3/c1-9-12(13(15(21)22-3)18-19(9)2)17-14(20)11-6-4-5-10(7-11)8-16/h4-7H,1-3H3,(H,17,20). The predicted molar refractivity (Wildman–Crippen MR) is 78.4 cm³/mol. The average Bonchev–Trinajstić information content (AvgIpc) is 2.82. The zero-order chi connectivity index (χ0) is 16.3. The number of nitriles is 1. The summed E-state index contributed by atoms with van der Waals surface area (Å²) >= 11 is 0. The fourth-order valence-corrected chi connectivity index (χ4v) is 1.91. The van der Waals surface area contributed by atoms with Gasteiger partial charge in [-0.3, -0.25) is 9.48 Å². The van der Waals surface area contributed by atoms with E-state index in [1.165, 1.54) is 17.9 Å². The normalized spacial score (nSPS) is 9.91. The summed E-state index contributed by atoms with van der Waals surface area (Å²) in [6, 6.07) is 8.24. The number of methoxy groups -OCH3 is 1. The molecule has 0 saturated heterocycles. The zero-order valence-corrected chi connectivity index (χ0v) is 12.4. The fraction of sp³-hybridized carbons (Fsp3) is 0.200. The van der Waals surface area contributed by atoms with Crippen LogP contribution in [-0.2, 0) is 11.8 Å². The van der Waals surface area contributed by atoms with Gasteiger partial charge in [0.2, 0.25) is 0 Å². The number of carbonyl (C=O) groups is 2. The Kier molecular flexibility index (Phi) is 4.23. The molecule has 1 heterocycles. The Bertz CT molecular complexity index is 787. The largest absolute Gasteiger partial charge is 0.464 e. The Labute approximate surface area is 127 Å². The van der Waals surface area contributed by atoms with Gasteiger partial charge in [0.05, 0.1) is 30.1 Å². The van der Waals surface area contributed by atoms with Crippen molar-refractivity contribution < 1.29 is 14.3 Å². The highest BCUT2D eigenvalue weighted by atomic mass is 16.5. The lowest BCUT2D eigenvalue weighted by molar-refractivity contribution is 0.0594. The number of hydrogen-bond acceptors (Lipinski definition) is 5. The van der Waals surface area contributed by atoms with E-state index in [1.807, 2.05) is 6.07 Å². The van der Waals surface area contributed by atoms with Gasteiger partial charge in [0.15, 0.2) is 5.69 Å². The minimum atomic E-state index is -0.634. The van der Waals surface area contributed by atoms with Crippen LogP contribution in [0.15, 0.2) is 24.3 Å². The van der Waals surface area contributed by atoms with Crippen LogP contribution in [-0.4, -0.2) is 28.8 Å². The third-order valence-corrected chi connectivity index (χ3v) is 3.21. The molecule has 7 nitrogen and oxygen atoms in total. The summed E-state index contributed by atoms with van der Waals surface area (Å²) in [6.45, 7) is 1.72. The third-order valence-electron chi connectivity index (χ3n) is 3.21. The second kappa shape index (κ2) is 6.10. The molecular formula is C15H14N4O3. The summed E-state index contributed by atoms with van der Waals surface area (Å²) in [5.74, 6) is -1.07. The Balaban J connectivity index is 2.36. The van der Waals surface area contributed by atoms with Crippen LogP contribution in [0.3, 0.4) is 0 Å². The molecule has 1 aromatic heterocycles. The van der Waals surface area contributed by atoms with Gasteiger partial charge in [0, 0.05) is 12.6 Å². The Morgan fingerprint density at radius 2 is 2.14 bits per heavy atom. The van der Waals surface area contributed by atoms with Crippen molar-refractivity contribution >= 4 is 17.6 Å². The van der Waals surface area contributed by atoms with Gasteiger partial charge in [0.1, 0.15) is 0 Å². The second-order valence-corrected chi connectivity index (χ2v) is 4.57. The van der Waals surface area contributed by atoms with E-state index < -0.39 is 11.9 Å². The predicted octanol–water partition coefficient (Wildman–Crippen LogP) is 1.64. The topological polar surface area (TPSA) is 97.0 Å². The zero-order valence-electron chi connectivity index (χ0n) is 12.4. The number of nitrogens with one attached hydrogen (secondary N) is 1. The van der Waals surface area contributed by atoms with Crippen LogP contribution in [0.1, 0.15) is 32.1 Å². The number of hydrogen-bond donors (Lipinski definition) is 1. The highest BCUT2D eigenvalue weighted by molar-refractivity contribution is 6.08. The van der Waals surface area contributed by atoms with Gasteiger partial charge in [0.25, 0.3) is 5.91 Å². The molecule has 112 valence electrons. The summed E-state index contributed by atoms with van der Waals surface area (Å²) in [7, 11) is 2.90. The summed E-state index contributed by atoms with van der Waals surface area (Å²) < 4.78 is 6.14.